The van der Waals surface area contributed by atoms with Crippen LogP contribution in [0.4, 0.5) is 0 Å². The smallest absolute Gasteiger partial charge is 0.310 e. The van der Waals surface area contributed by atoms with Gasteiger partial charge in [-0.25, -0.2) is 0 Å². The molecular weight excluding hydrogens is 469 g/mol. The molecule has 0 radical (unpaired) electrons. The number of benzene rings is 1. The summed E-state index contributed by atoms with van der Waals surface area (Å²) in [6.45, 7) is 7.94. The summed E-state index contributed by atoms with van der Waals surface area (Å²) in [5.74, 6) is 1.29. The summed E-state index contributed by atoms with van der Waals surface area (Å²) in [5.41, 5.74) is 1.22. The van der Waals surface area contributed by atoms with Gasteiger partial charge in [0.05, 0.1) is 19.1 Å². The van der Waals surface area contributed by atoms with Crippen LogP contribution in [0.25, 0.3) is 0 Å². The second-order valence-corrected chi connectivity index (χ2v) is 7.46. The molecule has 2 saturated heterocycles. The van der Waals surface area contributed by atoms with Gasteiger partial charge < -0.3 is 19.7 Å². The van der Waals surface area contributed by atoms with E-state index >= 15 is 0 Å². The summed E-state index contributed by atoms with van der Waals surface area (Å²) < 4.78 is 10.9. The Hall–Kier alpha value is -1.35. The number of rotatable bonds is 5. The van der Waals surface area contributed by atoms with Crippen molar-refractivity contribution < 1.29 is 14.3 Å². The van der Waals surface area contributed by atoms with E-state index in [2.05, 4.69) is 48.3 Å². The van der Waals surface area contributed by atoms with Gasteiger partial charge in [-0.15, -0.1) is 24.0 Å². The minimum atomic E-state index is -0.130. The number of carbonyl (C=O) groups excluding carboxylic acids is 1. The number of carbonyl (C=O) groups is 1. The minimum Gasteiger partial charge on any atom is -0.469 e. The second kappa shape index (κ2) is 11.0. The van der Waals surface area contributed by atoms with Crippen LogP contribution in [-0.2, 0) is 14.3 Å². The zero-order valence-corrected chi connectivity index (χ0v) is 19.3. The lowest BCUT2D eigenvalue weighted by molar-refractivity contribution is -0.145. The molecule has 4 unspecified atom stereocenters. The number of nitrogens with zero attached hydrogens (tertiary/aromatic N) is 2. The highest BCUT2D eigenvalue weighted by atomic mass is 127. The molecule has 2 heterocycles. The van der Waals surface area contributed by atoms with Crippen LogP contribution in [0, 0.1) is 17.8 Å². The predicted octanol–water partition coefficient (Wildman–Crippen LogP) is 3.09. The van der Waals surface area contributed by atoms with Crippen LogP contribution >= 0.6 is 24.0 Å². The van der Waals surface area contributed by atoms with Crippen molar-refractivity contribution in [1.29, 1.82) is 0 Å². The molecule has 3 rings (SSSR count). The average molecular weight is 501 g/mol. The maximum Gasteiger partial charge on any atom is 0.310 e. The monoisotopic (exact) mass is 501 g/mol. The van der Waals surface area contributed by atoms with Gasteiger partial charge in [-0.1, -0.05) is 37.3 Å². The molecular formula is C21H32IN3O3. The molecule has 2 aliphatic rings. The lowest BCUT2D eigenvalue weighted by Crippen LogP contribution is -2.41. The normalized spacial score (nSPS) is 27.4. The Labute approximate surface area is 185 Å². The van der Waals surface area contributed by atoms with E-state index in [1.165, 1.54) is 12.7 Å². The van der Waals surface area contributed by atoms with Gasteiger partial charge in [-0.2, -0.15) is 0 Å². The molecule has 0 saturated carbocycles. The Morgan fingerprint density at radius 1 is 1.32 bits per heavy atom. The van der Waals surface area contributed by atoms with Gasteiger partial charge in [0.2, 0.25) is 0 Å². The average Bonchev–Trinajstić information content (AvgIpc) is 3.32. The highest BCUT2D eigenvalue weighted by Crippen LogP contribution is 2.34. The van der Waals surface area contributed by atoms with E-state index in [4.69, 9.17) is 14.5 Å². The summed E-state index contributed by atoms with van der Waals surface area (Å²) in [6, 6.07) is 10.4. The van der Waals surface area contributed by atoms with Gasteiger partial charge in [0.15, 0.2) is 5.96 Å². The molecule has 1 N–H and O–H groups in total. The summed E-state index contributed by atoms with van der Waals surface area (Å²) >= 11 is 0. The van der Waals surface area contributed by atoms with Crippen LogP contribution in [0.2, 0.25) is 0 Å². The molecule has 0 aromatic heterocycles. The summed E-state index contributed by atoms with van der Waals surface area (Å²) in [5, 5.41) is 3.38. The summed E-state index contributed by atoms with van der Waals surface area (Å²) in [6.07, 6.45) is 1.13. The molecule has 7 heteroatoms. The number of aliphatic imine (C=N–C) groups is 1. The fourth-order valence-corrected chi connectivity index (χ4v) is 4.06. The first-order chi connectivity index (χ1) is 13.1. The molecule has 28 heavy (non-hydrogen) atoms. The summed E-state index contributed by atoms with van der Waals surface area (Å²) in [7, 11) is 1.46. The number of halogens is 1. The van der Waals surface area contributed by atoms with E-state index in [0.29, 0.717) is 12.5 Å². The van der Waals surface area contributed by atoms with Crippen molar-refractivity contribution >= 4 is 35.9 Å². The van der Waals surface area contributed by atoms with E-state index in [1.807, 2.05) is 6.07 Å². The third-order valence-electron chi connectivity index (χ3n) is 5.57. The largest absolute Gasteiger partial charge is 0.469 e. The lowest BCUT2D eigenvalue weighted by Gasteiger charge is -2.23. The fraction of sp³-hybridized carbons (Fsp3) is 0.619. The summed E-state index contributed by atoms with van der Waals surface area (Å²) in [4.78, 5) is 19.1. The van der Waals surface area contributed by atoms with Gasteiger partial charge in [0.1, 0.15) is 0 Å². The molecule has 6 nitrogen and oxygen atoms in total. The Morgan fingerprint density at radius 2 is 2.07 bits per heavy atom. The number of ether oxygens (including phenoxy) is 2. The Balaban J connectivity index is 0.00000280. The van der Waals surface area contributed by atoms with Crippen LogP contribution in [0.15, 0.2) is 35.3 Å². The van der Waals surface area contributed by atoms with Crippen LogP contribution in [0.1, 0.15) is 31.9 Å². The zero-order chi connectivity index (χ0) is 19.2. The Kier molecular flexibility index (Phi) is 9.01. The first-order valence-electron chi connectivity index (χ1n) is 9.91. The van der Waals surface area contributed by atoms with E-state index in [-0.39, 0.29) is 47.9 Å². The van der Waals surface area contributed by atoms with Gasteiger partial charge in [0.25, 0.3) is 0 Å². The Morgan fingerprint density at radius 3 is 2.75 bits per heavy atom. The number of guanidine groups is 1. The van der Waals surface area contributed by atoms with E-state index in [9.17, 15) is 4.79 Å². The fourth-order valence-electron chi connectivity index (χ4n) is 4.06. The third kappa shape index (κ3) is 5.37. The third-order valence-corrected chi connectivity index (χ3v) is 5.57. The van der Waals surface area contributed by atoms with Crippen LogP contribution in [-0.4, -0.2) is 56.7 Å². The number of hydrogen-bond donors (Lipinski definition) is 1. The standard InChI is InChI=1S/C21H31N3O3.HI/c1-4-22-21(24-13-15(2)18(14-24)20(25)26-3)23-12-17-10-11-27-19(17)16-8-6-5-7-9-16;/h5-9,15,17-19H,4,10-14H2,1-3H3,(H,22,23);1H. The number of esters is 1. The van der Waals surface area contributed by atoms with Crippen molar-refractivity contribution in [1.82, 2.24) is 10.2 Å². The molecule has 2 fully saturated rings. The van der Waals surface area contributed by atoms with Gasteiger partial charge in [-0.3, -0.25) is 9.79 Å². The quantitative estimate of drug-likeness (QED) is 0.291. The van der Waals surface area contributed by atoms with Crippen molar-refractivity contribution in [3.63, 3.8) is 0 Å². The number of hydrogen-bond acceptors (Lipinski definition) is 4. The lowest BCUT2D eigenvalue weighted by atomic mass is 9.95. The van der Waals surface area contributed by atoms with Crippen molar-refractivity contribution in [3.8, 4) is 0 Å². The van der Waals surface area contributed by atoms with Crippen LogP contribution < -0.4 is 5.32 Å². The van der Waals surface area contributed by atoms with E-state index < -0.39 is 0 Å². The highest BCUT2D eigenvalue weighted by molar-refractivity contribution is 14.0. The molecule has 2 aliphatic heterocycles. The van der Waals surface area contributed by atoms with Crippen molar-refractivity contribution in [2.45, 2.75) is 26.4 Å². The van der Waals surface area contributed by atoms with Crippen molar-refractivity contribution in [2.75, 3.05) is 39.9 Å². The SMILES string of the molecule is CCNC(=NCC1CCOC1c1ccccc1)N1CC(C)C(C(=O)OC)C1.I. The molecule has 0 aliphatic carbocycles. The van der Waals surface area contributed by atoms with Gasteiger partial charge in [0, 0.05) is 38.7 Å². The first kappa shape index (κ1) is 22.9. The topological polar surface area (TPSA) is 63.2 Å². The molecule has 1 aromatic rings. The molecule has 0 spiro atoms. The van der Waals surface area contributed by atoms with E-state index in [1.54, 1.807) is 0 Å². The molecule has 156 valence electrons. The molecule has 4 atom stereocenters. The van der Waals surface area contributed by atoms with Crippen LogP contribution in [0.5, 0.6) is 0 Å². The maximum atomic E-state index is 12.0. The molecule has 1 aromatic carbocycles. The molecule has 0 bridgehead atoms. The predicted molar refractivity (Wildman–Crippen MR) is 121 cm³/mol. The first-order valence-corrected chi connectivity index (χ1v) is 9.91. The van der Waals surface area contributed by atoms with Gasteiger partial charge in [-0.05, 0) is 24.8 Å². The van der Waals surface area contributed by atoms with Crippen molar-refractivity contribution in [3.05, 3.63) is 35.9 Å². The Bertz CT molecular complexity index is 656. The number of nitrogens with one attached hydrogen (secondary N) is 1. The second-order valence-electron chi connectivity index (χ2n) is 7.46. The van der Waals surface area contributed by atoms with Crippen LogP contribution in [0.3, 0.4) is 0 Å². The number of methoxy groups -OCH3 is 1. The van der Waals surface area contributed by atoms with Gasteiger partial charge >= 0.3 is 5.97 Å². The minimum absolute atomic E-state index is 0. The molecule has 0 amide bonds. The maximum absolute atomic E-state index is 12.0. The highest BCUT2D eigenvalue weighted by Gasteiger charge is 2.37. The van der Waals surface area contributed by atoms with Crippen molar-refractivity contribution in [2.24, 2.45) is 22.7 Å². The number of likely N-dealkylation sites (tertiary alicyclic amines) is 1. The zero-order valence-electron chi connectivity index (χ0n) is 17.0. The van der Waals surface area contributed by atoms with E-state index in [0.717, 1.165) is 38.6 Å².